The standard InChI is InChI=1S/C13H13BrF3N3O/c1-2-20-10(5-6-19-20)8-18-11-4-3-9(14)7-12(11)21-13(15,16)17/h3-7,18H,2,8H2,1H3. The number of rotatable bonds is 5. The summed E-state index contributed by atoms with van der Waals surface area (Å²) in [7, 11) is 0. The molecule has 0 aliphatic heterocycles. The van der Waals surface area contributed by atoms with Crippen LogP contribution in [-0.2, 0) is 13.1 Å². The molecule has 0 unspecified atom stereocenters. The molecule has 2 rings (SSSR count). The molecule has 1 aromatic carbocycles. The van der Waals surface area contributed by atoms with E-state index >= 15 is 0 Å². The number of alkyl halides is 3. The first-order valence-corrected chi connectivity index (χ1v) is 6.98. The Kier molecular flexibility index (Phi) is 4.76. The first-order chi connectivity index (χ1) is 9.89. The summed E-state index contributed by atoms with van der Waals surface area (Å²) in [5.41, 5.74) is 1.14. The number of aryl methyl sites for hydroxylation is 1. The molecular weight excluding hydrogens is 351 g/mol. The van der Waals surface area contributed by atoms with Crippen molar-refractivity contribution >= 4 is 21.6 Å². The van der Waals surface area contributed by atoms with Crippen LogP contribution in [-0.4, -0.2) is 16.1 Å². The molecule has 1 aromatic heterocycles. The summed E-state index contributed by atoms with van der Waals surface area (Å²) < 4.78 is 43.5. The summed E-state index contributed by atoms with van der Waals surface area (Å²) in [5, 5.41) is 7.03. The van der Waals surface area contributed by atoms with E-state index in [0.29, 0.717) is 17.6 Å². The third kappa shape index (κ3) is 4.38. The van der Waals surface area contributed by atoms with Gasteiger partial charge >= 0.3 is 6.36 Å². The quantitative estimate of drug-likeness (QED) is 0.866. The number of aromatic nitrogens is 2. The minimum Gasteiger partial charge on any atom is -0.404 e. The van der Waals surface area contributed by atoms with Crippen LogP contribution in [0, 0.1) is 0 Å². The van der Waals surface area contributed by atoms with Crippen molar-refractivity contribution in [2.24, 2.45) is 0 Å². The highest BCUT2D eigenvalue weighted by Gasteiger charge is 2.32. The summed E-state index contributed by atoms with van der Waals surface area (Å²) in [4.78, 5) is 0. The molecule has 21 heavy (non-hydrogen) atoms. The summed E-state index contributed by atoms with van der Waals surface area (Å²) in [5.74, 6) is -0.278. The van der Waals surface area contributed by atoms with Crippen molar-refractivity contribution in [3.63, 3.8) is 0 Å². The first-order valence-electron chi connectivity index (χ1n) is 6.19. The lowest BCUT2D eigenvalue weighted by Gasteiger charge is -2.15. The van der Waals surface area contributed by atoms with Crippen LogP contribution in [0.15, 0.2) is 34.9 Å². The molecule has 114 valence electrons. The van der Waals surface area contributed by atoms with Crippen molar-refractivity contribution in [2.45, 2.75) is 26.4 Å². The minimum absolute atomic E-state index is 0.263. The molecule has 0 saturated carbocycles. The molecule has 4 nitrogen and oxygen atoms in total. The Labute approximate surface area is 128 Å². The Bertz CT molecular complexity index is 613. The van der Waals surface area contributed by atoms with E-state index in [1.807, 2.05) is 6.92 Å². The molecule has 1 heterocycles. The minimum atomic E-state index is -4.73. The summed E-state index contributed by atoms with van der Waals surface area (Å²) >= 11 is 3.13. The van der Waals surface area contributed by atoms with Gasteiger partial charge in [-0.1, -0.05) is 15.9 Å². The molecule has 0 fully saturated rings. The van der Waals surface area contributed by atoms with Gasteiger partial charge in [0.15, 0.2) is 5.75 Å². The van der Waals surface area contributed by atoms with Gasteiger partial charge in [-0.05, 0) is 31.2 Å². The van der Waals surface area contributed by atoms with E-state index in [-0.39, 0.29) is 11.4 Å². The van der Waals surface area contributed by atoms with Crippen LogP contribution < -0.4 is 10.1 Å². The normalized spacial score (nSPS) is 11.5. The average Bonchev–Trinajstić information content (AvgIpc) is 2.83. The van der Waals surface area contributed by atoms with E-state index in [1.165, 1.54) is 12.1 Å². The van der Waals surface area contributed by atoms with E-state index < -0.39 is 6.36 Å². The molecular formula is C13H13BrF3N3O. The maximum absolute atomic E-state index is 12.4. The lowest BCUT2D eigenvalue weighted by molar-refractivity contribution is -0.274. The zero-order valence-electron chi connectivity index (χ0n) is 11.1. The molecule has 0 amide bonds. The highest BCUT2D eigenvalue weighted by Crippen LogP contribution is 2.33. The Hall–Kier alpha value is -1.70. The molecule has 0 aliphatic carbocycles. The smallest absolute Gasteiger partial charge is 0.404 e. The third-order valence-corrected chi connectivity index (χ3v) is 3.23. The molecule has 0 atom stereocenters. The fourth-order valence-corrected chi connectivity index (χ4v) is 2.17. The predicted molar refractivity (Wildman–Crippen MR) is 76.1 cm³/mol. The number of benzene rings is 1. The van der Waals surface area contributed by atoms with Gasteiger partial charge in [0.1, 0.15) is 0 Å². The van der Waals surface area contributed by atoms with Crippen LogP contribution in [0.5, 0.6) is 5.75 Å². The zero-order valence-corrected chi connectivity index (χ0v) is 12.7. The SMILES string of the molecule is CCn1nccc1CNc1ccc(Br)cc1OC(F)(F)F. The molecule has 2 aromatic rings. The van der Waals surface area contributed by atoms with Gasteiger partial charge in [-0.3, -0.25) is 4.68 Å². The van der Waals surface area contributed by atoms with Crippen molar-refractivity contribution in [1.29, 1.82) is 0 Å². The summed E-state index contributed by atoms with van der Waals surface area (Å²) in [6.07, 6.45) is -3.09. The summed E-state index contributed by atoms with van der Waals surface area (Å²) in [6.45, 7) is 2.98. The molecule has 1 N–H and O–H groups in total. The Morgan fingerprint density at radius 1 is 1.33 bits per heavy atom. The summed E-state index contributed by atoms with van der Waals surface area (Å²) in [6, 6.07) is 6.24. The largest absolute Gasteiger partial charge is 0.573 e. The van der Waals surface area contributed by atoms with Gasteiger partial charge in [-0.15, -0.1) is 13.2 Å². The second kappa shape index (κ2) is 6.38. The van der Waals surface area contributed by atoms with Crippen LogP contribution in [0.2, 0.25) is 0 Å². The van der Waals surface area contributed by atoms with Gasteiger partial charge < -0.3 is 10.1 Å². The molecule has 0 saturated heterocycles. The first kappa shape index (κ1) is 15.7. The van der Waals surface area contributed by atoms with Gasteiger partial charge in [-0.2, -0.15) is 5.10 Å². The topological polar surface area (TPSA) is 39.1 Å². The lowest BCUT2D eigenvalue weighted by Crippen LogP contribution is -2.18. The second-order valence-electron chi connectivity index (χ2n) is 4.18. The Morgan fingerprint density at radius 2 is 2.10 bits per heavy atom. The number of anilines is 1. The van der Waals surface area contributed by atoms with Crippen LogP contribution >= 0.6 is 15.9 Å². The van der Waals surface area contributed by atoms with Crippen molar-refractivity contribution < 1.29 is 17.9 Å². The predicted octanol–water partition coefficient (Wildman–Crippen LogP) is 4.18. The van der Waals surface area contributed by atoms with Crippen molar-refractivity contribution in [3.8, 4) is 5.75 Å². The number of hydrogen-bond acceptors (Lipinski definition) is 3. The van der Waals surface area contributed by atoms with E-state index in [0.717, 1.165) is 5.69 Å². The van der Waals surface area contributed by atoms with Gasteiger partial charge in [0.2, 0.25) is 0 Å². The van der Waals surface area contributed by atoms with Gasteiger partial charge in [-0.25, -0.2) is 0 Å². The number of nitrogens with zero attached hydrogens (tertiary/aromatic N) is 2. The van der Waals surface area contributed by atoms with Crippen LogP contribution in [0.4, 0.5) is 18.9 Å². The Morgan fingerprint density at radius 3 is 2.76 bits per heavy atom. The number of nitrogens with one attached hydrogen (secondary N) is 1. The Balaban J connectivity index is 2.16. The molecule has 0 spiro atoms. The molecule has 0 aliphatic rings. The number of hydrogen-bond donors (Lipinski definition) is 1. The second-order valence-corrected chi connectivity index (χ2v) is 5.10. The van der Waals surface area contributed by atoms with Gasteiger partial charge in [0.05, 0.1) is 17.9 Å². The monoisotopic (exact) mass is 363 g/mol. The van der Waals surface area contributed by atoms with Crippen molar-refractivity contribution in [2.75, 3.05) is 5.32 Å². The van der Waals surface area contributed by atoms with Crippen LogP contribution in [0.1, 0.15) is 12.6 Å². The third-order valence-electron chi connectivity index (χ3n) is 2.73. The van der Waals surface area contributed by atoms with E-state index in [1.54, 1.807) is 23.0 Å². The van der Waals surface area contributed by atoms with Crippen molar-refractivity contribution in [3.05, 3.63) is 40.6 Å². The highest BCUT2D eigenvalue weighted by molar-refractivity contribution is 9.10. The maximum Gasteiger partial charge on any atom is 0.573 e. The fraction of sp³-hybridized carbons (Fsp3) is 0.308. The fourth-order valence-electron chi connectivity index (χ4n) is 1.83. The molecule has 0 radical (unpaired) electrons. The van der Waals surface area contributed by atoms with E-state index in [2.05, 4.69) is 31.1 Å². The lowest BCUT2D eigenvalue weighted by atomic mass is 10.3. The molecule has 0 bridgehead atoms. The van der Waals surface area contributed by atoms with Gasteiger partial charge in [0.25, 0.3) is 0 Å². The van der Waals surface area contributed by atoms with E-state index in [4.69, 9.17) is 0 Å². The highest BCUT2D eigenvalue weighted by atomic mass is 79.9. The van der Waals surface area contributed by atoms with Crippen LogP contribution in [0.25, 0.3) is 0 Å². The van der Waals surface area contributed by atoms with Crippen LogP contribution in [0.3, 0.4) is 0 Å². The van der Waals surface area contributed by atoms with Gasteiger partial charge in [0, 0.05) is 17.2 Å². The average molecular weight is 364 g/mol. The van der Waals surface area contributed by atoms with Crippen molar-refractivity contribution in [1.82, 2.24) is 9.78 Å². The number of halogens is 4. The molecule has 8 heteroatoms. The maximum atomic E-state index is 12.4. The number of ether oxygens (including phenoxy) is 1. The zero-order chi connectivity index (χ0) is 15.5. The van der Waals surface area contributed by atoms with E-state index in [9.17, 15) is 13.2 Å².